The highest BCUT2D eigenvalue weighted by atomic mass is 79.9. The van der Waals surface area contributed by atoms with E-state index in [-0.39, 0.29) is 18.6 Å². The van der Waals surface area contributed by atoms with Crippen molar-refractivity contribution in [1.29, 1.82) is 0 Å². The Kier molecular flexibility index (Phi) is 5.62. The molecule has 17 heavy (non-hydrogen) atoms. The van der Waals surface area contributed by atoms with Crippen molar-refractivity contribution < 1.29 is 9.90 Å². The molecule has 96 valence electrons. The fraction of sp³-hybridized carbons (Fsp3) is 0.583. The second-order valence-corrected chi connectivity index (χ2v) is 6.61. The minimum atomic E-state index is 0.0484. The number of nitrogens with zero attached hydrogens (tertiary/aromatic N) is 1. The summed E-state index contributed by atoms with van der Waals surface area (Å²) in [6.07, 6.45) is 0.620. The highest BCUT2D eigenvalue weighted by Crippen LogP contribution is 2.28. The van der Waals surface area contributed by atoms with Gasteiger partial charge in [-0.05, 0) is 54.8 Å². The Balaban J connectivity index is 2.84. The van der Waals surface area contributed by atoms with Crippen molar-refractivity contribution in [3.8, 4) is 0 Å². The van der Waals surface area contributed by atoms with E-state index in [2.05, 4.69) is 15.9 Å². The summed E-state index contributed by atoms with van der Waals surface area (Å²) in [5.41, 5.74) is 1.09. The van der Waals surface area contributed by atoms with Crippen LogP contribution in [0.5, 0.6) is 0 Å². The predicted octanol–water partition coefficient (Wildman–Crippen LogP) is 3.05. The average Bonchev–Trinajstić information content (AvgIpc) is 2.59. The molecule has 1 aromatic rings. The van der Waals surface area contributed by atoms with Gasteiger partial charge in [0.2, 0.25) is 0 Å². The summed E-state index contributed by atoms with van der Waals surface area (Å²) in [7, 11) is 0. The lowest BCUT2D eigenvalue weighted by Gasteiger charge is -2.25. The van der Waals surface area contributed by atoms with Crippen LogP contribution in [0.15, 0.2) is 9.85 Å². The zero-order valence-electron chi connectivity index (χ0n) is 10.4. The van der Waals surface area contributed by atoms with Crippen LogP contribution in [0.25, 0.3) is 0 Å². The number of hydrogen-bond donors (Lipinski definition) is 1. The second kappa shape index (κ2) is 6.52. The Bertz CT molecular complexity index is 370. The monoisotopic (exact) mass is 319 g/mol. The number of amides is 1. The van der Waals surface area contributed by atoms with Crippen LogP contribution in [0.4, 0.5) is 0 Å². The Morgan fingerprint density at radius 3 is 2.65 bits per heavy atom. The standard InChI is InChI=1S/C12H18BrNO2S/c1-8(2)14(5-4-6-15)12(16)10-7-9(3)11(13)17-10/h7-8,15H,4-6H2,1-3H3. The van der Waals surface area contributed by atoms with Crippen molar-refractivity contribution >= 4 is 33.2 Å². The summed E-state index contributed by atoms with van der Waals surface area (Å²) >= 11 is 4.90. The normalized spacial score (nSPS) is 10.9. The molecule has 0 saturated heterocycles. The Labute approximate surface area is 115 Å². The lowest BCUT2D eigenvalue weighted by Crippen LogP contribution is -2.37. The first kappa shape index (κ1) is 14.7. The number of carbonyl (C=O) groups excluding carboxylic acids is 1. The van der Waals surface area contributed by atoms with Gasteiger partial charge in [0.15, 0.2) is 0 Å². The van der Waals surface area contributed by atoms with Crippen LogP contribution >= 0.6 is 27.3 Å². The summed E-state index contributed by atoms with van der Waals surface area (Å²) in [5, 5.41) is 8.85. The minimum Gasteiger partial charge on any atom is -0.396 e. The molecule has 3 nitrogen and oxygen atoms in total. The first-order valence-electron chi connectivity index (χ1n) is 5.65. The lowest BCUT2D eigenvalue weighted by atomic mass is 10.2. The topological polar surface area (TPSA) is 40.5 Å². The van der Waals surface area contributed by atoms with E-state index in [1.165, 1.54) is 11.3 Å². The molecule has 0 aromatic carbocycles. The predicted molar refractivity (Wildman–Crippen MR) is 74.6 cm³/mol. The molecule has 1 N–H and O–H groups in total. The molecule has 1 rings (SSSR count). The van der Waals surface area contributed by atoms with Gasteiger partial charge in [0.05, 0.1) is 8.66 Å². The summed E-state index contributed by atoms with van der Waals surface area (Å²) in [6, 6.07) is 2.06. The van der Waals surface area contributed by atoms with Crippen LogP contribution in [0.1, 0.15) is 35.5 Å². The smallest absolute Gasteiger partial charge is 0.264 e. The molecule has 1 aromatic heterocycles. The second-order valence-electron chi connectivity index (χ2n) is 4.24. The summed E-state index contributed by atoms with van der Waals surface area (Å²) in [6.45, 7) is 6.67. The maximum absolute atomic E-state index is 12.3. The van der Waals surface area contributed by atoms with Crippen molar-refractivity contribution in [1.82, 2.24) is 4.90 Å². The van der Waals surface area contributed by atoms with Crippen LogP contribution in [0.3, 0.4) is 0 Å². The third-order valence-electron chi connectivity index (χ3n) is 2.51. The molecule has 0 spiro atoms. The van der Waals surface area contributed by atoms with Crippen molar-refractivity contribution in [2.24, 2.45) is 0 Å². The van der Waals surface area contributed by atoms with Gasteiger partial charge < -0.3 is 10.0 Å². The van der Waals surface area contributed by atoms with E-state index in [4.69, 9.17) is 5.11 Å². The number of thiophene rings is 1. The Morgan fingerprint density at radius 2 is 2.24 bits per heavy atom. The largest absolute Gasteiger partial charge is 0.396 e. The number of carbonyl (C=O) groups is 1. The zero-order valence-corrected chi connectivity index (χ0v) is 12.8. The number of hydrogen-bond acceptors (Lipinski definition) is 3. The van der Waals surface area contributed by atoms with Crippen molar-refractivity contribution in [2.45, 2.75) is 33.2 Å². The molecule has 0 radical (unpaired) electrons. The van der Waals surface area contributed by atoms with Gasteiger partial charge in [0, 0.05) is 19.2 Å². The van der Waals surface area contributed by atoms with E-state index in [0.29, 0.717) is 13.0 Å². The van der Waals surface area contributed by atoms with E-state index >= 15 is 0 Å². The van der Waals surface area contributed by atoms with E-state index in [0.717, 1.165) is 14.2 Å². The Morgan fingerprint density at radius 1 is 1.59 bits per heavy atom. The fourth-order valence-electron chi connectivity index (χ4n) is 1.54. The Hall–Kier alpha value is -0.390. The molecule has 0 fully saturated rings. The van der Waals surface area contributed by atoms with Gasteiger partial charge >= 0.3 is 0 Å². The van der Waals surface area contributed by atoms with Gasteiger partial charge in [-0.3, -0.25) is 4.79 Å². The molecule has 0 aliphatic rings. The number of aliphatic hydroxyl groups excluding tert-OH is 1. The van der Waals surface area contributed by atoms with Gasteiger partial charge in [-0.25, -0.2) is 0 Å². The molecule has 5 heteroatoms. The molecular formula is C12H18BrNO2S. The molecule has 0 bridgehead atoms. The van der Waals surface area contributed by atoms with Gasteiger partial charge in [-0.2, -0.15) is 0 Å². The highest BCUT2D eigenvalue weighted by Gasteiger charge is 2.20. The summed E-state index contributed by atoms with van der Waals surface area (Å²) in [5.74, 6) is 0.0484. The SMILES string of the molecule is Cc1cc(C(=O)N(CCCO)C(C)C)sc1Br. The number of aliphatic hydroxyl groups is 1. The molecule has 0 saturated carbocycles. The van der Waals surface area contributed by atoms with Crippen molar-refractivity contribution in [3.05, 3.63) is 20.3 Å². The van der Waals surface area contributed by atoms with E-state index in [9.17, 15) is 4.79 Å². The fourth-order valence-corrected chi connectivity index (χ4v) is 3.03. The molecular weight excluding hydrogens is 302 g/mol. The maximum atomic E-state index is 12.3. The third-order valence-corrected chi connectivity index (χ3v) is 4.63. The number of rotatable bonds is 5. The van der Waals surface area contributed by atoms with Gasteiger partial charge in [0.1, 0.15) is 0 Å². The van der Waals surface area contributed by atoms with Crippen molar-refractivity contribution in [2.75, 3.05) is 13.2 Å². The zero-order chi connectivity index (χ0) is 13.0. The van der Waals surface area contributed by atoms with Crippen LogP contribution in [-0.4, -0.2) is 35.1 Å². The summed E-state index contributed by atoms with van der Waals surface area (Å²) in [4.78, 5) is 14.8. The highest BCUT2D eigenvalue weighted by molar-refractivity contribution is 9.11. The van der Waals surface area contributed by atoms with Gasteiger partial charge in [0.25, 0.3) is 5.91 Å². The maximum Gasteiger partial charge on any atom is 0.264 e. The van der Waals surface area contributed by atoms with Gasteiger partial charge in [-0.15, -0.1) is 11.3 Å². The van der Waals surface area contributed by atoms with Crippen LogP contribution in [-0.2, 0) is 0 Å². The number of halogens is 1. The molecule has 0 aliphatic carbocycles. The third kappa shape index (κ3) is 3.79. The van der Waals surface area contributed by atoms with E-state index in [1.54, 1.807) is 4.90 Å². The van der Waals surface area contributed by atoms with E-state index < -0.39 is 0 Å². The molecule has 1 heterocycles. The first-order chi connectivity index (χ1) is 7.97. The van der Waals surface area contributed by atoms with Crippen molar-refractivity contribution in [3.63, 3.8) is 0 Å². The number of aryl methyl sites for hydroxylation is 1. The van der Waals surface area contributed by atoms with E-state index in [1.807, 2.05) is 26.8 Å². The molecule has 0 unspecified atom stereocenters. The minimum absolute atomic E-state index is 0.0484. The first-order valence-corrected chi connectivity index (χ1v) is 7.26. The van der Waals surface area contributed by atoms with Crippen LogP contribution in [0.2, 0.25) is 0 Å². The molecule has 0 aliphatic heterocycles. The average molecular weight is 320 g/mol. The molecule has 0 atom stereocenters. The lowest BCUT2D eigenvalue weighted by molar-refractivity contribution is 0.0698. The quantitative estimate of drug-likeness (QED) is 0.906. The van der Waals surface area contributed by atoms with Gasteiger partial charge in [-0.1, -0.05) is 0 Å². The summed E-state index contributed by atoms with van der Waals surface area (Å²) < 4.78 is 1.01. The van der Waals surface area contributed by atoms with Crippen LogP contribution in [0, 0.1) is 6.92 Å². The van der Waals surface area contributed by atoms with Crippen LogP contribution < -0.4 is 0 Å². The molecule has 1 amide bonds.